The van der Waals surface area contributed by atoms with Crippen molar-refractivity contribution in [1.82, 2.24) is 0 Å². The van der Waals surface area contributed by atoms with Crippen molar-refractivity contribution in [3.8, 4) is 0 Å². The van der Waals surface area contributed by atoms with Gasteiger partial charge in [0.05, 0.1) is 0 Å². The van der Waals surface area contributed by atoms with Gasteiger partial charge in [0.2, 0.25) is 0 Å². The molecule has 0 atom stereocenters. The van der Waals surface area contributed by atoms with Gasteiger partial charge in [0, 0.05) is 38.0 Å². The monoisotopic (exact) mass is 402 g/mol. The molecule has 3 aromatic rings. The van der Waals surface area contributed by atoms with E-state index in [1.54, 1.807) is 0 Å². The molecular formula is C21H22O4S2. The molecule has 4 nitrogen and oxygen atoms in total. The van der Waals surface area contributed by atoms with Crippen LogP contribution in [0.5, 0.6) is 0 Å². The predicted octanol–water partition coefficient (Wildman–Crippen LogP) is 3.98. The van der Waals surface area contributed by atoms with Crippen molar-refractivity contribution >= 4 is 21.3 Å². The maximum atomic E-state index is 8.52. The topological polar surface area (TPSA) is 80.3 Å². The molecule has 3 rings (SSSR count). The number of benzene rings is 3. The maximum Gasteiger partial charge on any atom is 1.00 e. The molecule has 0 bridgehead atoms. The zero-order valence-electron chi connectivity index (χ0n) is 15.7. The highest BCUT2D eigenvalue weighted by Crippen LogP contribution is 2.19. The molecule has 0 saturated carbocycles. The summed E-state index contributed by atoms with van der Waals surface area (Å²) in [7, 11) is -4.84. The van der Waals surface area contributed by atoms with Crippen LogP contribution in [0.25, 0.3) is 0 Å². The van der Waals surface area contributed by atoms with E-state index in [0.717, 1.165) is 17.3 Å². The van der Waals surface area contributed by atoms with E-state index in [2.05, 4.69) is 91.0 Å². The lowest BCUT2D eigenvalue weighted by molar-refractivity contribution is 0.352. The summed E-state index contributed by atoms with van der Waals surface area (Å²) >= 11 is 0. The third-order valence-corrected chi connectivity index (χ3v) is 5.87. The van der Waals surface area contributed by atoms with Gasteiger partial charge in [-0.1, -0.05) is 91.0 Å². The molecule has 27 heavy (non-hydrogen) atoms. The molecule has 0 saturated heterocycles. The molecule has 142 valence electrons. The highest BCUT2D eigenvalue weighted by molar-refractivity contribution is 7.94. The van der Waals surface area contributed by atoms with E-state index in [1.807, 2.05) is 0 Å². The molecule has 0 fully saturated rings. The Kier molecular flexibility index (Phi) is 8.54. The van der Waals surface area contributed by atoms with Crippen LogP contribution in [0.15, 0.2) is 91.0 Å². The lowest BCUT2D eigenvalue weighted by Crippen LogP contribution is -2.12. The summed E-state index contributed by atoms with van der Waals surface area (Å²) in [6.07, 6.45) is 0. The lowest BCUT2D eigenvalue weighted by Gasteiger charge is -2.10. The second-order valence-corrected chi connectivity index (χ2v) is 8.82. The standard InChI is InChI=1S/C21H21S.H2O4S/c1-4-10-19(11-5-1)16-22(17-20-12-6-2-7-13-20)18-21-14-8-3-9-15-21;1-5(2,3)4/h1-15H,16-18H2;(H2,1,2,3,4)/q+1;/p-1. The quantitative estimate of drug-likeness (QED) is 0.355. The van der Waals surface area contributed by atoms with E-state index in [-0.39, 0.29) is 1.43 Å². The molecule has 0 aliphatic heterocycles. The van der Waals surface area contributed by atoms with E-state index < -0.39 is 10.4 Å². The Labute approximate surface area is 165 Å². The number of hydrogen-bond donors (Lipinski definition) is 0. The van der Waals surface area contributed by atoms with Crippen LogP contribution in [0.3, 0.4) is 0 Å². The van der Waals surface area contributed by atoms with Crippen molar-refractivity contribution in [2.75, 3.05) is 0 Å². The van der Waals surface area contributed by atoms with E-state index in [4.69, 9.17) is 17.5 Å². The van der Waals surface area contributed by atoms with Crippen LogP contribution in [0, 0.1) is 0 Å². The number of hydrogen-bond acceptors (Lipinski definition) is 4. The van der Waals surface area contributed by atoms with Gasteiger partial charge in [-0.05, 0) is 0 Å². The fraction of sp³-hybridized carbons (Fsp3) is 0.143. The van der Waals surface area contributed by atoms with Gasteiger partial charge in [-0.15, -0.1) is 0 Å². The summed E-state index contributed by atoms with van der Waals surface area (Å²) < 4.78 is 34.1. The third kappa shape index (κ3) is 9.96. The van der Waals surface area contributed by atoms with Crippen molar-refractivity contribution in [3.05, 3.63) is 108 Å². The highest BCUT2D eigenvalue weighted by Gasteiger charge is 2.20. The van der Waals surface area contributed by atoms with Gasteiger partial charge in [-0.2, -0.15) is 0 Å². The molecule has 0 spiro atoms. The molecule has 6 heteroatoms. The Morgan fingerprint density at radius 2 is 0.815 bits per heavy atom. The van der Waals surface area contributed by atoms with E-state index >= 15 is 0 Å². The minimum atomic E-state index is -5.17. The van der Waals surface area contributed by atoms with Crippen molar-refractivity contribution in [3.63, 3.8) is 0 Å². The summed E-state index contributed by atoms with van der Waals surface area (Å²) in [5, 5.41) is 0. The van der Waals surface area contributed by atoms with E-state index in [0.29, 0.717) is 10.9 Å². The molecule has 3 aromatic carbocycles. The van der Waals surface area contributed by atoms with Gasteiger partial charge < -0.3 is 9.11 Å². The minimum Gasteiger partial charge on any atom is -0.759 e. The molecule has 0 N–H and O–H groups in total. The van der Waals surface area contributed by atoms with Gasteiger partial charge >= 0.3 is 1.43 Å². The Morgan fingerprint density at radius 1 is 0.593 bits per heavy atom. The van der Waals surface area contributed by atoms with Crippen molar-refractivity contribution in [2.24, 2.45) is 0 Å². The van der Waals surface area contributed by atoms with Gasteiger partial charge in [0.25, 0.3) is 0 Å². The fourth-order valence-corrected chi connectivity index (χ4v) is 4.88. The Hall–Kier alpha value is -2.12. The summed E-state index contributed by atoms with van der Waals surface area (Å²) in [6, 6.07) is 32.6. The highest BCUT2D eigenvalue weighted by atomic mass is 32.3. The van der Waals surface area contributed by atoms with Crippen LogP contribution >= 0.6 is 0 Å². The first kappa shape index (κ1) is 21.2. The molecular weight excluding hydrogens is 380 g/mol. The SMILES string of the molecule is O=S(=O)([O-])[O-].[H+].c1ccc(C[S+](Cc2ccccc2)Cc2ccccc2)cc1. The van der Waals surface area contributed by atoms with Crippen LogP contribution in [-0.2, 0) is 38.6 Å². The Bertz CT molecular complexity index is 783. The second-order valence-electron chi connectivity index (χ2n) is 5.91. The van der Waals surface area contributed by atoms with Crippen molar-refractivity contribution < 1.29 is 18.9 Å². The average molecular weight is 403 g/mol. The second kappa shape index (κ2) is 10.9. The van der Waals surface area contributed by atoms with Crippen LogP contribution in [0.4, 0.5) is 0 Å². The molecule has 0 aliphatic rings. The lowest BCUT2D eigenvalue weighted by atomic mass is 10.2. The molecule has 0 radical (unpaired) electrons. The van der Waals surface area contributed by atoms with Crippen molar-refractivity contribution in [2.45, 2.75) is 17.3 Å². The Balaban J connectivity index is 0.000000584. The normalized spacial score (nSPS) is 10.9. The van der Waals surface area contributed by atoms with Gasteiger partial charge in [-0.25, -0.2) is 0 Å². The minimum absolute atomic E-state index is 0. The van der Waals surface area contributed by atoms with Gasteiger partial charge in [0.15, 0.2) is 0 Å². The average Bonchev–Trinajstić information content (AvgIpc) is 2.63. The molecule has 0 heterocycles. The fourth-order valence-electron chi connectivity index (χ4n) is 2.58. The molecule has 0 aliphatic carbocycles. The smallest absolute Gasteiger partial charge is 0.759 e. The molecule has 0 amide bonds. The first-order valence-electron chi connectivity index (χ1n) is 8.33. The molecule has 0 aromatic heterocycles. The summed E-state index contributed by atoms with van der Waals surface area (Å²) in [4.78, 5) is 0. The summed E-state index contributed by atoms with van der Waals surface area (Å²) in [6.45, 7) is 0. The van der Waals surface area contributed by atoms with Crippen LogP contribution < -0.4 is 0 Å². The van der Waals surface area contributed by atoms with Crippen LogP contribution in [0.1, 0.15) is 18.1 Å². The largest absolute Gasteiger partial charge is 1.00 e. The summed E-state index contributed by atoms with van der Waals surface area (Å²) in [5.41, 5.74) is 4.33. The zero-order valence-corrected chi connectivity index (χ0v) is 16.4. The van der Waals surface area contributed by atoms with E-state index in [1.165, 1.54) is 16.7 Å². The first-order chi connectivity index (χ1) is 12.9. The van der Waals surface area contributed by atoms with Gasteiger partial charge in [-0.3, -0.25) is 8.42 Å². The maximum absolute atomic E-state index is 8.52. The van der Waals surface area contributed by atoms with E-state index in [9.17, 15) is 0 Å². The van der Waals surface area contributed by atoms with Crippen molar-refractivity contribution in [1.29, 1.82) is 0 Å². The first-order valence-corrected chi connectivity index (χ1v) is 11.4. The Morgan fingerprint density at radius 3 is 1.04 bits per heavy atom. The predicted molar refractivity (Wildman–Crippen MR) is 109 cm³/mol. The number of rotatable bonds is 6. The zero-order chi connectivity index (χ0) is 19.5. The van der Waals surface area contributed by atoms with Gasteiger partial charge in [0.1, 0.15) is 17.3 Å². The third-order valence-electron chi connectivity index (χ3n) is 3.64. The summed E-state index contributed by atoms with van der Waals surface area (Å²) in [5.74, 6) is 3.47. The molecule has 0 unspecified atom stereocenters. The van der Waals surface area contributed by atoms with Crippen LogP contribution in [-0.4, -0.2) is 17.5 Å². The van der Waals surface area contributed by atoms with Crippen LogP contribution in [0.2, 0.25) is 0 Å².